The zero-order valence-electron chi connectivity index (χ0n) is 22.4. The molecule has 5 atom stereocenters. The Balaban J connectivity index is 1.22. The first-order valence-electron chi connectivity index (χ1n) is 14.1. The maximum atomic E-state index is 14.5. The molecule has 1 amide bonds. The van der Waals surface area contributed by atoms with Crippen molar-refractivity contribution < 1.29 is 14.3 Å². The van der Waals surface area contributed by atoms with Crippen molar-refractivity contribution in [3.05, 3.63) is 65.0 Å². The van der Waals surface area contributed by atoms with Gasteiger partial charge in [-0.25, -0.2) is 0 Å². The highest BCUT2D eigenvalue weighted by atomic mass is 16.5. The average molecular weight is 504 g/mol. The minimum Gasteiger partial charge on any atom is -0.379 e. The number of likely N-dealkylation sites (tertiary alicyclic amines) is 1. The lowest BCUT2D eigenvalue weighted by Crippen LogP contribution is -2.48. The summed E-state index contributed by atoms with van der Waals surface area (Å²) in [6, 6.07) is 12.9. The van der Waals surface area contributed by atoms with Crippen LogP contribution in [-0.4, -0.2) is 66.8 Å². The predicted octanol–water partition coefficient (Wildman–Crippen LogP) is 4.24. The largest absolute Gasteiger partial charge is 0.379 e. The molecule has 6 heteroatoms. The summed E-state index contributed by atoms with van der Waals surface area (Å²) in [6.45, 7) is 7.92. The normalized spacial score (nSPS) is 31.8. The molecule has 2 unspecified atom stereocenters. The second-order valence-electron chi connectivity index (χ2n) is 12.0. The Bertz CT molecular complexity index is 1110. The molecule has 0 N–H and O–H groups in total. The molecule has 0 spiro atoms. The van der Waals surface area contributed by atoms with Crippen LogP contribution in [0.5, 0.6) is 0 Å². The lowest BCUT2D eigenvalue weighted by molar-refractivity contribution is -0.144. The van der Waals surface area contributed by atoms with Gasteiger partial charge in [0.15, 0.2) is 0 Å². The van der Waals surface area contributed by atoms with Gasteiger partial charge in [-0.1, -0.05) is 36.4 Å². The highest BCUT2D eigenvalue weighted by Crippen LogP contribution is 2.54. The van der Waals surface area contributed by atoms with Gasteiger partial charge in [-0.2, -0.15) is 0 Å². The molecule has 2 aromatic rings. The Labute approximate surface area is 221 Å². The van der Waals surface area contributed by atoms with Gasteiger partial charge in [0.05, 0.1) is 18.1 Å². The Morgan fingerprint density at radius 3 is 2.97 bits per heavy atom. The van der Waals surface area contributed by atoms with Crippen LogP contribution in [0.3, 0.4) is 0 Å². The quantitative estimate of drug-likeness (QED) is 0.590. The van der Waals surface area contributed by atoms with Gasteiger partial charge in [0.2, 0.25) is 5.91 Å². The first kappa shape index (κ1) is 25.0. The molecule has 4 heterocycles. The Kier molecular flexibility index (Phi) is 7.08. The van der Waals surface area contributed by atoms with E-state index < -0.39 is 0 Å². The molecule has 0 radical (unpaired) electrons. The van der Waals surface area contributed by atoms with E-state index in [1.54, 1.807) is 0 Å². The number of aryl methyl sites for hydroxylation is 1. The first-order chi connectivity index (χ1) is 18.0. The predicted molar refractivity (Wildman–Crippen MR) is 143 cm³/mol. The molecule has 2 saturated heterocycles. The number of benzene rings is 1. The number of nitrogens with zero attached hydrogens (tertiary/aromatic N) is 3. The first-order valence-corrected chi connectivity index (χ1v) is 14.1. The number of hydrogen-bond donors (Lipinski definition) is 0. The van der Waals surface area contributed by atoms with Crippen molar-refractivity contribution in [1.29, 1.82) is 0 Å². The molecule has 4 aliphatic rings. The highest BCUT2D eigenvalue weighted by Gasteiger charge is 2.58. The number of carbonyl (C=O) groups is 1. The van der Waals surface area contributed by atoms with Crippen molar-refractivity contribution >= 4 is 5.91 Å². The molecule has 37 heavy (non-hydrogen) atoms. The second-order valence-corrected chi connectivity index (χ2v) is 12.0. The van der Waals surface area contributed by atoms with Crippen LogP contribution in [0.4, 0.5) is 0 Å². The van der Waals surface area contributed by atoms with Crippen LogP contribution in [0.15, 0.2) is 42.6 Å². The van der Waals surface area contributed by atoms with Gasteiger partial charge in [-0.15, -0.1) is 0 Å². The summed E-state index contributed by atoms with van der Waals surface area (Å²) >= 11 is 0. The third kappa shape index (κ3) is 4.96. The number of fused-ring (bicyclic) bond motifs is 2. The van der Waals surface area contributed by atoms with Crippen molar-refractivity contribution in [2.45, 2.75) is 58.2 Å². The van der Waals surface area contributed by atoms with Crippen molar-refractivity contribution in [2.24, 2.45) is 23.2 Å². The van der Waals surface area contributed by atoms with Gasteiger partial charge < -0.3 is 14.4 Å². The summed E-state index contributed by atoms with van der Waals surface area (Å²) in [7, 11) is 1.81. The van der Waals surface area contributed by atoms with Crippen molar-refractivity contribution in [3.63, 3.8) is 0 Å². The lowest BCUT2D eigenvalue weighted by Gasteiger charge is -2.37. The van der Waals surface area contributed by atoms with Crippen molar-refractivity contribution in [1.82, 2.24) is 14.8 Å². The van der Waals surface area contributed by atoms with E-state index in [0.717, 1.165) is 70.6 Å². The Morgan fingerprint density at radius 1 is 1.27 bits per heavy atom. The summed E-state index contributed by atoms with van der Waals surface area (Å²) in [5.74, 6) is 1.92. The lowest BCUT2D eigenvalue weighted by atomic mass is 9.78. The molecule has 6 rings (SSSR count). The topological polar surface area (TPSA) is 54.9 Å². The van der Waals surface area contributed by atoms with Crippen molar-refractivity contribution in [2.75, 3.05) is 40.0 Å². The smallest absolute Gasteiger partial charge is 0.230 e. The summed E-state index contributed by atoms with van der Waals surface area (Å²) in [5, 5.41) is 0. The van der Waals surface area contributed by atoms with Crippen LogP contribution >= 0.6 is 0 Å². The summed E-state index contributed by atoms with van der Waals surface area (Å²) < 4.78 is 11.5. The fourth-order valence-electron chi connectivity index (χ4n) is 7.83. The number of pyridine rings is 1. The molecular weight excluding hydrogens is 462 g/mol. The molecule has 0 bridgehead atoms. The van der Waals surface area contributed by atoms with Gasteiger partial charge >= 0.3 is 0 Å². The number of hydrogen-bond acceptors (Lipinski definition) is 5. The van der Waals surface area contributed by atoms with E-state index in [1.807, 2.05) is 13.3 Å². The van der Waals surface area contributed by atoms with Crippen LogP contribution in [-0.2, 0) is 33.8 Å². The number of ether oxygens (including phenoxy) is 2. The molecule has 1 aromatic carbocycles. The summed E-state index contributed by atoms with van der Waals surface area (Å²) in [6.07, 6.45) is 7.37. The minimum atomic E-state index is -0.276. The Hall–Kier alpha value is -2.28. The molecule has 1 saturated carbocycles. The SMILES string of the molecule is COC1COCCC1C[C@@H]1C[C@H]2CN(Cc3ccccc3)C[C@@]2(C(=O)N2CCc3ncc(C)cc3C2)C1. The van der Waals surface area contributed by atoms with Crippen LogP contribution in [0.2, 0.25) is 0 Å². The molecule has 6 nitrogen and oxygen atoms in total. The fourth-order valence-corrected chi connectivity index (χ4v) is 7.83. The third-order valence-electron chi connectivity index (χ3n) is 9.55. The van der Waals surface area contributed by atoms with E-state index in [1.165, 1.54) is 16.7 Å². The van der Waals surface area contributed by atoms with Crippen LogP contribution in [0.1, 0.15) is 48.1 Å². The van der Waals surface area contributed by atoms with Gasteiger partial charge in [0.1, 0.15) is 0 Å². The number of methoxy groups -OCH3 is 1. The third-order valence-corrected chi connectivity index (χ3v) is 9.55. The number of rotatable bonds is 6. The van der Waals surface area contributed by atoms with Crippen molar-refractivity contribution in [3.8, 4) is 0 Å². The van der Waals surface area contributed by atoms with Gasteiger partial charge in [0, 0.05) is 64.8 Å². The maximum Gasteiger partial charge on any atom is 0.230 e. The average Bonchev–Trinajstić information content (AvgIpc) is 3.42. The molecular formula is C31H41N3O3. The van der Waals surface area contributed by atoms with E-state index in [2.05, 4.69) is 58.1 Å². The molecule has 3 fully saturated rings. The zero-order chi connectivity index (χ0) is 25.4. The van der Waals surface area contributed by atoms with E-state index in [4.69, 9.17) is 9.47 Å². The standard InChI is InChI=1S/C31H41N3O3/c1-22-12-26-18-34(10-8-28(26)32-16-22)30(35)31-15-24(13-25-9-11-37-20-29(25)36-2)14-27(31)19-33(21-31)17-23-6-4-3-5-7-23/h3-7,12,16,24-25,27,29H,8-11,13-15,17-21H2,1-2H3/t24-,25?,27+,29?,31+/m1/s1. The van der Waals surface area contributed by atoms with E-state index >= 15 is 0 Å². The number of amides is 1. The monoisotopic (exact) mass is 503 g/mol. The molecule has 1 aromatic heterocycles. The minimum absolute atomic E-state index is 0.185. The zero-order valence-corrected chi connectivity index (χ0v) is 22.4. The fraction of sp³-hybridized carbons (Fsp3) is 0.613. The summed E-state index contributed by atoms with van der Waals surface area (Å²) in [4.78, 5) is 23.9. The maximum absolute atomic E-state index is 14.5. The molecule has 1 aliphatic carbocycles. The van der Waals surface area contributed by atoms with E-state index in [0.29, 0.717) is 36.8 Å². The highest BCUT2D eigenvalue weighted by molar-refractivity contribution is 5.84. The molecule has 3 aliphatic heterocycles. The van der Waals surface area contributed by atoms with Gasteiger partial charge in [0.25, 0.3) is 0 Å². The van der Waals surface area contributed by atoms with Gasteiger partial charge in [-0.3, -0.25) is 14.7 Å². The van der Waals surface area contributed by atoms with Crippen LogP contribution in [0.25, 0.3) is 0 Å². The van der Waals surface area contributed by atoms with E-state index in [-0.39, 0.29) is 11.5 Å². The second kappa shape index (κ2) is 10.5. The van der Waals surface area contributed by atoms with Crippen LogP contribution in [0, 0.1) is 30.1 Å². The molecule has 198 valence electrons. The van der Waals surface area contributed by atoms with Crippen LogP contribution < -0.4 is 0 Å². The Morgan fingerprint density at radius 2 is 2.14 bits per heavy atom. The number of aromatic nitrogens is 1. The number of carbonyl (C=O) groups excluding carboxylic acids is 1. The van der Waals surface area contributed by atoms with Gasteiger partial charge in [-0.05, 0) is 67.1 Å². The summed E-state index contributed by atoms with van der Waals surface area (Å²) in [5.41, 5.74) is 4.62. The van der Waals surface area contributed by atoms with E-state index in [9.17, 15) is 4.79 Å².